The van der Waals surface area contributed by atoms with Crippen LogP contribution in [0, 0.1) is 5.92 Å². The summed E-state index contributed by atoms with van der Waals surface area (Å²) >= 11 is 0. The maximum Gasteiger partial charge on any atom is 0.339 e. The molecule has 144 valence electrons. The molecule has 1 aromatic carbocycles. The third-order valence-electron chi connectivity index (χ3n) is 3.86. The lowest BCUT2D eigenvalue weighted by Gasteiger charge is -2.21. The Labute approximate surface area is 151 Å². The van der Waals surface area contributed by atoms with Crippen LogP contribution in [0.25, 0.3) is 0 Å². The monoisotopic (exact) mass is 387 g/mol. The number of ether oxygens (including phenoxy) is 2. The van der Waals surface area contributed by atoms with E-state index < -0.39 is 44.8 Å². The van der Waals surface area contributed by atoms with E-state index in [-0.39, 0.29) is 11.1 Å². The number of hydrogen-bond acceptors (Lipinski definition) is 7. The van der Waals surface area contributed by atoms with Gasteiger partial charge in [-0.1, -0.05) is 20.3 Å². The van der Waals surface area contributed by atoms with Crippen molar-refractivity contribution in [1.82, 2.24) is 4.72 Å². The minimum absolute atomic E-state index is 0.115. The fraction of sp³-hybridized carbons (Fsp3) is 0.438. The molecule has 1 aromatic rings. The molecule has 0 saturated carbocycles. The molecule has 2 N–H and O–H groups in total. The van der Waals surface area contributed by atoms with Gasteiger partial charge in [0.05, 0.1) is 30.2 Å². The van der Waals surface area contributed by atoms with Crippen LogP contribution in [0.3, 0.4) is 0 Å². The first-order valence-corrected chi connectivity index (χ1v) is 9.13. The number of methoxy groups -OCH3 is 2. The van der Waals surface area contributed by atoms with Crippen LogP contribution in [-0.2, 0) is 24.3 Å². The average molecular weight is 387 g/mol. The van der Waals surface area contributed by atoms with E-state index in [1.165, 1.54) is 6.07 Å². The molecule has 0 saturated heterocycles. The third kappa shape index (κ3) is 4.79. The zero-order valence-corrected chi connectivity index (χ0v) is 15.6. The van der Waals surface area contributed by atoms with Gasteiger partial charge >= 0.3 is 17.9 Å². The molecule has 0 aromatic heterocycles. The molecular formula is C16H21NO8S. The van der Waals surface area contributed by atoms with E-state index in [0.717, 1.165) is 26.4 Å². The number of carbonyl (C=O) groups excluding carboxylic acids is 2. The van der Waals surface area contributed by atoms with Crippen LogP contribution in [0.4, 0.5) is 0 Å². The van der Waals surface area contributed by atoms with Crippen molar-refractivity contribution in [2.24, 2.45) is 5.92 Å². The van der Waals surface area contributed by atoms with Crippen molar-refractivity contribution in [2.45, 2.75) is 31.2 Å². The van der Waals surface area contributed by atoms with Crippen LogP contribution in [0.15, 0.2) is 23.1 Å². The van der Waals surface area contributed by atoms with E-state index in [1.807, 2.05) is 0 Å². The zero-order chi connectivity index (χ0) is 20.1. The van der Waals surface area contributed by atoms with Gasteiger partial charge in [0.15, 0.2) is 0 Å². The van der Waals surface area contributed by atoms with E-state index in [2.05, 4.69) is 14.2 Å². The van der Waals surface area contributed by atoms with Crippen molar-refractivity contribution in [3.8, 4) is 0 Å². The lowest BCUT2D eigenvalue weighted by atomic mass is 10.0. The fourth-order valence-corrected chi connectivity index (χ4v) is 3.66. The van der Waals surface area contributed by atoms with Crippen molar-refractivity contribution in [3.63, 3.8) is 0 Å². The van der Waals surface area contributed by atoms with Crippen molar-refractivity contribution in [3.05, 3.63) is 29.3 Å². The molecule has 0 radical (unpaired) electrons. The first-order chi connectivity index (χ1) is 12.1. The number of esters is 2. The highest BCUT2D eigenvalue weighted by atomic mass is 32.2. The predicted octanol–water partition coefficient (Wildman–Crippen LogP) is 1.04. The lowest BCUT2D eigenvalue weighted by molar-refractivity contribution is -0.140. The zero-order valence-electron chi connectivity index (χ0n) is 14.8. The number of hydrogen-bond donors (Lipinski definition) is 2. The van der Waals surface area contributed by atoms with Gasteiger partial charge < -0.3 is 14.6 Å². The summed E-state index contributed by atoms with van der Waals surface area (Å²) in [6.07, 6.45) is 0.408. The van der Waals surface area contributed by atoms with Crippen molar-refractivity contribution < 1.29 is 37.4 Å². The molecule has 0 spiro atoms. The maximum absolute atomic E-state index is 12.7. The molecular weight excluding hydrogens is 366 g/mol. The van der Waals surface area contributed by atoms with Crippen molar-refractivity contribution >= 4 is 27.9 Å². The SMILES string of the molecule is CC[C@H](C)[C@H](NS(=O)(=O)c1cc(C(=O)OC)ccc1C(=O)OC)C(=O)O. The Bertz CT molecular complexity index is 802. The first kappa shape index (κ1) is 21.6. The summed E-state index contributed by atoms with van der Waals surface area (Å²) in [7, 11) is -2.26. The Hall–Kier alpha value is -2.46. The summed E-state index contributed by atoms with van der Waals surface area (Å²) in [6, 6.07) is 1.85. The Morgan fingerprint density at radius 1 is 1.15 bits per heavy atom. The van der Waals surface area contributed by atoms with Gasteiger partial charge in [0.25, 0.3) is 0 Å². The second-order valence-electron chi connectivity index (χ2n) is 5.52. The second-order valence-corrected chi connectivity index (χ2v) is 7.20. The largest absolute Gasteiger partial charge is 0.480 e. The topological polar surface area (TPSA) is 136 Å². The van der Waals surface area contributed by atoms with Crippen LogP contribution in [-0.4, -0.2) is 51.7 Å². The number of carboxylic acid groups (broad SMARTS) is 1. The molecule has 2 atom stereocenters. The number of sulfonamides is 1. The lowest BCUT2D eigenvalue weighted by Crippen LogP contribution is -2.45. The van der Waals surface area contributed by atoms with E-state index in [4.69, 9.17) is 0 Å². The fourth-order valence-electron chi connectivity index (χ4n) is 2.14. The molecule has 1 rings (SSSR count). The van der Waals surface area contributed by atoms with Crippen molar-refractivity contribution in [2.75, 3.05) is 14.2 Å². The highest BCUT2D eigenvalue weighted by Crippen LogP contribution is 2.21. The number of rotatable bonds is 8. The minimum Gasteiger partial charge on any atom is -0.480 e. The Morgan fingerprint density at radius 3 is 2.19 bits per heavy atom. The number of benzene rings is 1. The van der Waals surface area contributed by atoms with Gasteiger partial charge in [-0.25, -0.2) is 18.0 Å². The first-order valence-electron chi connectivity index (χ1n) is 7.64. The smallest absolute Gasteiger partial charge is 0.339 e. The number of aliphatic carboxylic acids is 1. The average Bonchev–Trinajstić information content (AvgIpc) is 2.63. The molecule has 0 aliphatic carbocycles. The summed E-state index contributed by atoms with van der Waals surface area (Å²) in [4.78, 5) is 34.4. The second kappa shape index (κ2) is 8.77. The predicted molar refractivity (Wildman–Crippen MR) is 90.3 cm³/mol. The van der Waals surface area contributed by atoms with Gasteiger partial charge in [-0.2, -0.15) is 4.72 Å². The van der Waals surface area contributed by atoms with Crippen molar-refractivity contribution in [1.29, 1.82) is 0 Å². The molecule has 9 nitrogen and oxygen atoms in total. The Kier molecular flexibility index (Phi) is 7.28. The summed E-state index contributed by atoms with van der Waals surface area (Å²) < 4.78 is 36.6. The van der Waals surface area contributed by atoms with Gasteiger partial charge in [-0.3, -0.25) is 4.79 Å². The summed E-state index contributed by atoms with van der Waals surface area (Å²) in [5, 5.41) is 9.30. The number of carbonyl (C=O) groups is 3. The van der Waals surface area contributed by atoms with Gasteiger partial charge in [-0.05, 0) is 24.1 Å². The molecule has 0 bridgehead atoms. The minimum atomic E-state index is -4.45. The summed E-state index contributed by atoms with van der Waals surface area (Å²) in [5.41, 5.74) is -0.447. The Morgan fingerprint density at radius 2 is 1.73 bits per heavy atom. The van der Waals surface area contributed by atoms with Gasteiger partial charge in [-0.15, -0.1) is 0 Å². The van der Waals surface area contributed by atoms with Crippen LogP contribution >= 0.6 is 0 Å². The highest BCUT2D eigenvalue weighted by Gasteiger charge is 2.32. The molecule has 0 amide bonds. The molecule has 26 heavy (non-hydrogen) atoms. The molecule has 0 fully saturated rings. The molecule has 0 unspecified atom stereocenters. The van der Waals surface area contributed by atoms with Gasteiger partial charge in [0.2, 0.25) is 10.0 Å². The van der Waals surface area contributed by atoms with Crippen LogP contribution in [0.2, 0.25) is 0 Å². The number of nitrogens with one attached hydrogen (secondary N) is 1. The number of carboxylic acids is 1. The van der Waals surface area contributed by atoms with Crippen LogP contribution in [0.5, 0.6) is 0 Å². The van der Waals surface area contributed by atoms with E-state index in [1.54, 1.807) is 13.8 Å². The third-order valence-corrected chi connectivity index (χ3v) is 5.34. The molecule has 0 aliphatic heterocycles. The highest BCUT2D eigenvalue weighted by molar-refractivity contribution is 7.89. The maximum atomic E-state index is 12.7. The molecule has 0 aliphatic rings. The Balaban J connectivity index is 3.50. The molecule has 10 heteroatoms. The van der Waals surface area contributed by atoms with E-state index in [9.17, 15) is 27.9 Å². The molecule has 0 heterocycles. The standard InChI is InChI=1S/C16H21NO8S/c1-5-9(2)13(14(18)19)17-26(22,23)12-8-10(15(20)24-3)6-7-11(12)16(21)25-4/h6-9,13,17H,5H2,1-4H3,(H,18,19)/t9-,13-/m0/s1. The van der Waals surface area contributed by atoms with Crippen LogP contribution < -0.4 is 4.72 Å². The van der Waals surface area contributed by atoms with E-state index >= 15 is 0 Å². The van der Waals surface area contributed by atoms with Gasteiger partial charge in [0.1, 0.15) is 6.04 Å². The quantitative estimate of drug-likeness (QED) is 0.631. The summed E-state index contributed by atoms with van der Waals surface area (Å²) in [5.74, 6) is -3.62. The van der Waals surface area contributed by atoms with E-state index in [0.29, 0.717) is 6.42 Å². The summed E-state index contributed by atoms with van der Waals surface area (Å²) in [6.45, 7) is 3.29. The van der Waals surface area contributed by atoms with Gasteiger partial charge in [0, 0.05) is 0 Å². The normalized spacial score (nSPS) is 13.5. The van der Waals surface area contributed by atoms with Crippen LogP contribution in [0.1, 0.15) is 41.0 Å².